The highest BCUT2D eigenvalue weighted by Gasteiger charge is 2.32. The summed E-state index contributed by atoms with van der Waals surface area (Å²) in [6.45, 7) is 2.45. The molecule has 448 valence electrons. The second-order valence-corrected chi connectivity index (χ2v) is 23.0. The number of hydrogen-bond acceptors (Lipinski definition) is 14. The first kappa shape index (κ1) is 58.2. The topological polar surface area (TPSA) is 277 Å². The summed E-state index contributed by atoms with van der Waals surface area (Å²) in [5.41, 5.74) is 11.6. The van der Waals surface area contributed by atoms with Crippen molar-refractivity contribution in [3.8, 4) is 40.1 Å². The Bertz CT molecular complexity index is 4400. The first-order valence-electron chi connectivity index (χ1n) is 28.7. The van der Waals surface area contributed by atoms with Gasteiger partial charge in [0.1, 0.15) is 34.5 Å². The van der Waals surface area contributed by atoms with E-state index in [1.807, 2.05) is 141 Å². The minimum Gasteiger partial charge on any atom is -0.351 e. The number of pyridine rings is 2. The van der Waals surface area contributed by atoms with Crippen LogP contribution in [-0.2, 0) is 26.2 Å². The number of nitrogens with zero attached hydrogens (tertiary/aromatic N) is 16. The Kier molecular flexibility index (Phi) is 17.0. The Morgan fingerprint density at radius 2 is 0.944 bits per heavy atom. The Balaban J connectivity index is 0.000000106. The molecule has 6 aliphatic rings. The van der Waals surface area contributed by atoms with Gasteiger partial charge in [0.25, 0.3) is 23.6 Å². The van der Waals surface area contributed by atoms with Gasteiger partial charge in [-0.2, -0.15) is 0 Å². The van der Waals surface area contributed by atoms with E-state index in [0.717, 1.165) is 101 Å². The van der Waals surface area contributed by atoms with E-state index in [4.69, 9.17) is 4.98 Å². The third kappa shape index (κ3) is 13.2. The molecule has 2 aliphatic carbocycles. The smallest absolute Gasteiger partial charge is 0.260 e. The van der Waals surface area contributed by atoms with Gasteiger partial charge in [0, 0.05) is 125 Å². The number of rotatable bonds is 8. The molecule has 24 nitrogen and oxygen atoms in total. The number of nitrogens with one attached hydrogen (secondary N) is 4. The lowest BCUT2D eigenvalue weighted by Gasteiger charge is -2.15. The normalized spacial score (nSPS) is 14.4. The van der Waals surface area contributed by atoms with Crippen LogP contribution in [0.4, 0.5) is 5.82 Å². The van der Waals surface area contributed by atoms with Crippen molar-refractivity contribution >= 4 is 61.3 Å². The number of hydrogen-bond donors (Lipinski definition) is 4. The van der Waals surface area contributed by atoms with Crippen LogP contribution in [-0.4, -0.2) is 102 Å². The molecule has 2 fully saturated rings. The quantitative estimate of drug-likeness (QED) is 0.103. The number of carbonyl (C=O) groups excluding carboxylic acids is 4. The number of amides is 4. The van der Waals surface area contributed by atoms with Crippen molar-refractivity contribution in [2.24, 2.45) is 0 Å². The highest BCUT2D eigenvalue weighted by molar-refractivity contribution is 9.10. The molecule has 4 N–H and O–H groups in total. The van der Waals surface area contributed by atoms with Gasteiger partial charge in [-0.25, -0.2) is 29.9 Å². The van der Waals surface area contributed by atoms with E-state index in [-0.39, 0.29) is 23.6 Å². The van der Waals surface area contributed by atoms with Gasteiger partial charge in [-0.3, -0.25) is 24.1 Å². The van der Waals surface area contributed by atoms with Crippen molar-refractivity contribution in [3.63, 3.8) is 0 Å². The Morgan fingerprint density at radius 1 is 0.467 bits per heavy atom. The molecule has 4 amide bonds. The third-order valence-electron chi connectivity index (χ3n) is 15.2. The van der Waals surface area contributed by atoms with Crippen molar-refractivity contribution in [2.45, 2.75) is 63.9 Å². The number of fused-ring (bicyclic) bond motifs is 4. The summed E-state index contributed by atoms with van der Waals surface area (Å²) >= 11 is 6.67. The zero-order valence-corrected chi connectivity index (χ0v) is 51.0. The van der Waals surface area contributed by atoms with Gasteiger partial charge in [0.05, 0.1) is 31.9 Å². The van der Waals surface area contributed by atoms with Crippen LogP contribution >= 0.6 is 31.9 Å². The lowest BCUT2D eigenvalue weighted by molar-refractivity contribution is 0.0957. The van der Waals surface area contributed by atoms with Crippen LogP contribution < -0.4 is 20.9 Å². The monoisotopic (exact) mass is 1320 g/mol. The number of imidazole rings is 4. The van der Waals surface area contributed by atoms with Crippen LogP contribution in [0.1, 0.15) is 101 Å². The molecule has 26 heteroatoms. The molecule has 18 rings (SSSR count). The molecule has 0 bridgehead atoms. The van der Waals surface area contributed by atoms with Crippen molar-refractivity contribution in [1.29, 1.82) is 0 Å². The van der Waals surface area contributed by atoms with Crippen LogP contribution in [0, 0.1) is 0 Å². The first-order chi connectivity index (χ1) is 44.1. The fraction of sp³-hybridized carbons (Fsp3) is 0.156. The molecule has 0 radical (unpaired) electrons. The summed E-state index contributed by atoms with van der Waals surface area (Å²) in [6, 6.07) is 35.9. The summed E-state index contributed by atoms with van der Waals surface area (Å²) in [5, 5.41) is 24.7. The maximum absolute atomic E-state index is 13.1. The molecular formula is C64H54Br2N20O4. The van der Waals surface area contributed by atoms with Crippen LogP contribution in [0.2, 0.25) is 0 Å². The second kappa shape index (κ2) is 26.2. The molecular weight excluding hydrogens is 1270 g/mol. The lowest BCUT2D eigenvalue weighted by Crippen LogP contribution is -2.24. The highest BCUT2D eigenvalue weighted by Crippen LogP contribution is 2.39. The number of H-pyrrole nitrogens is 1. The molecule has 12 heterocycles. The molecule has 0 saturated heterocycles. The largest absolute Gasteiger partial charge is 0.351 e. The Hall–Kier alpha value is -10.9. The summed E-state index contributed by atoms with van der Waals surface area (Å²) in [5.74, 6) is 2.23. The van der Waals surface area contributed by atoms with E-state index >= 15 is 0 Å². The fourth-order valence-electron chi connectivity index (χ4n) is 10.3. The van der Waals surface area contributed by atoms with E-state index in [0.29, 0.717) is 49.6 Å². The van der Waals surface area contributed by atoms with Crippen LogP contribution in [0.3, 0.4) is 0 Å². The van der Waals surface area contributed by atoms with Crippen LogP contribution in [0.25, 0.3) is 40.1 Å². The zero-order valence-electron chi connectivity index (χ0n) is 47.8. The van der Waals surface area contributed by atoms with Crippen molar-refractivity contribution in [1.82, 2.24) is 94.1 Å². The predicted octanol–water partition coefficient (Wildman–Crippen LogP) is 9.79. The van der Waals surface area contributed by atoms with Gasteiger partial charge >= 0.3 is 0 Å². The van der Waals surface area contributed by atoms with E-state index in [2.05, 4.69) is 107 Å². The standard InChI is InChI=1S/C21H17N7O.2C11H9N3O.C10H9BrN4.C8H6BrNO.C3H4N2/c29-21-17-10-16(26-9-8-22-12-26)5-4-14(17)11-27(21)19-3-1-2-18(24-19)20-25-23-13-28(20)15-6-7-15;2*15-11-10-5-9(14-4-3-12-7-14)2-1-8(10)6-13-11;11-9-3-1-2-8(13-9)10-14-12-6-15(10)7-4-5-7;9-6-2-1-5-4-10-8(11)7(5)3-6;1-2-5-3-4-1/h1-5,8-10,12-13,15H,6-7,11H2;2*1-5,7H,6H2,(H,13,15);1-3,6-7H,4-5H2;1-3H,4H2,(H,10,11);1-3H,(H,4,5). The zero-order chi connectivity index (χ0) is 61.5. The average molecular weight is 1330 g/mol. The van der Waals surface area contributed by atoms with Gasteiger partial charge in [-0.1, -0.05) is 52.3 Å². The van der Waals surface area contributed by atoms with Gasteiger partial charge in [0.15, 0.2) is 11.6 Å². The van der Waals surface area contributed by atoms with Crippen molar-refractivity contribution < 1.29 is 19.2 Å². The minimum atomic E-state index is -0.0460. The van der Waals surface area contributed by atoms with E-state index in [1.54, 1.807) is 73.8 Å². The van der Waals surface area contributed by atoms with Gasteiger partial charge < -0.3 is 43.8 Å². The second-order valence-electron chi connectivity index (χ2n) is 21.2. The lowest BCUT2D eigenvalue weighted by atomic mass is 10.1. The third-order valence-corrected chi connectivity index (χ3v) is 16.2. The van der Waals surface area contributed by atoms with E-state index in [9.17, 15) is 19.2 Å². The number of halogens is 2. The summed E-state index contributed by atoms with van der Waals surface area (Å²) in [6.07, 6.45) is 29.2. The Morgan fingerprint density at radius 3 is 1.40 bits per heavy atom. The Labute approximate surface area is 530 Å². The van der Waals surface area contributed by atoms with Gasteiger partial charge in [-0.05, 0) is 137 Å². The van der Waals surface area contributed by atoms with Gasteiger partial charge in [0.2, 0.25) is 0 Å². The molecule has 4 aliphatic heterocycles. The van der Waals surface area contributed by atoms with Crippen LogP contribution in [0.5, 0.6) is 0 Å². The first-order valence-corrected chi connectivity index (χ1v) is 30.3. The number of aromatic nitrogens is 16. The van der Waals surface area contributed by atoms with Gasteiger partial charge in [-0.15, -0.1) is 20.4 Å². The van der Waals surface area contributed by atoms with Crippen molar-refractivity contribution in [3.05, 3.63) is 250 Å². The number of benzene rings is 4. The maximum atomic E-state index is 13.1. The molecule has 12 aromatic rings. The SMILES string of the molecule is Brc1cccc(-c2nncn2C2CC2)n1.O=C1NCc2ccc(-n3ccnc3)cc21.O=C1NCc2ccc(-n3ccnc3)cc21.O=C1NCc2ccc(Br)cc21.O=C1c2cc(-n3ccnc3)ccc2CN1c1cccc(-c2nncn2C2CC2)n1.c1c[nH]cn1. The highest BCUT2D eigenvalue weighted by atomic mass is 79.9. The summed E-state index contributed by atoms with van der Waals surface area (Å²) in [7, 11) is 0. The summed E-state index contributed by atoms with van der Waals surface area (Å²) < 4.78 is 11.6. The molecule has 0 spiro atoms. The molecule has 90 heavy (non-hydrogen) atoms. The number of anilines is 1. The minimum absolute atomic E-state index is 0.00645. The predicted molar refractivity (Wildman–Crippen MR) is 338 cm³/mol. The van der Waals surface area contributed by atoms with Crippen LogP contribution in [0.15, 0.2) is 206 Å². The van der Waals surface area contributed by atoms with E-state index in [1.165, 1.54) is 12.8 Å². The summed E-state index contributed by atoms with van der Waals surface area (Å²) in [4.78, 5) is 76.4. The maximum Gasteiger partial charge on any atom is 0.260 e. The number of carbonyl (C=O) groups is 4. The molecule has 0 unspecified atom stereocenters. The molecule has 0 atom stereocenters. The molecule has 8 aromatic heterocycles. The molecule has 4 aromatic carbocycles. The van der Waals surface area contributed by atoms with E-state index < -0.39 is 0 Å². The molecule has 2 saturated carbocycles. The fourth-order valence-corrected chi connectivity index (χ4v) is 11.0. The van der Waals surface area contributed by atoms with Crippen molar-refractivity contribution in [2.75, 3.05) is 4.90 Å². The number of aromatic amines is 1. The average Bonchev–Trinajstić information content (AvgIpc) is 2.01.